The number of anilines is 2. The summed E-state index contributed by atoms with van der Waals surface area (Å²) in [7, 11) is 0. The van der Waals surface area contributed by atoms with Crippen LogP contribution in [0.4, 0.5) is 11.4 Å². The second kappa shape index (κ2) is 11.1. The minimum atomic E-state index is -0.797. The molecule has 3 unspecified atom stereocenters. The Hall–Kier alpha value is -3.04. The van der Waals surface area contributed by atoms with Crippen LogP contribution >= 0.6 is 11.8 Å². The van der Waals surface area contributed by atoms with E-state index in [9.17, 15) is 19.5 Å². The van der Waals surface area contributed by atoms with Crippen molar-refractivity contribution in [1.29, 1.82) is 0 Å². The molecular formula is C31H39N3O5S. The second-order valence-electron chi connectivity index (χ2n) is 11.2. The van der Waals surface area contributed by atoms with E-state index in [-0.39, 0.29) is 35.5 Å². The van der Waals surface area contributed by atoms with Crippen LogP contribution in [0.15, 0.2) is 42.5 Å². The van der Waals surface area contributed by atoms with Crippen LogP contribution in [0, 0.1) is 31.6 Å². The standard InChI is InChI=1S/C31H39N3O5S/c1-6-21(16-35)34-27(29(37)33-26-17(3)9-8-10-18(26)4)31-19(5)15-23(40-31)24(25(31)30(34)38)28(36)32-20-11-13-22(14-12-20)39-7-2/h8-14,19,21,23-25,27,35H,6-7,15-16H2,1-5H3,(H,32,36)(H,33,37)/t19?,21-,23+,24-,25-,27?,31?/m0/s1. The maximum Gasteiger partial charge on any atom is 0.248 e. The van der Waals surface area contributed by atoms with E-state index in [1.807, 2.05) is 58.0 Å². The Morgan fingerprint density at radius 2 is 1.77 bits per heavy atom. The molecule has 40 heavy (non-hydrogen) atoms. The van der Waals surface area contributed by atoms with E-state index in [0.717, 1.165) is 29.0 Å². The van der Waals surface area contributed by atoms with Gasteiger partial charge in [-0.3, -0.25) is 14.4 Å². The van der Waals surface area contributed by atoms with Crippen molar-refractivity contribution in [2.45, 2.75) is 69.5 Å². The highest BCUT2D eigenvalue weighted by atomic mass is 32.2. The lowest BCUT2D eigenvalue weighted by atomic mass is 9.65. The van der Waals surface area contributed by atoms with Gasteiger partial charge in [-0.2, -0.15) is 0 Å². The fourth-order valence-electron chi connectivity index (χ4n) is 7.10. The van der Waals surface area contributed by atoms with Gasteiger partial charge in [-0.25, -0.2) is 0 Å². The lowest BCUT2D eigenvalue weighted by molar-refractivity contribution is -0.141. The quantitative estimate of drug-likeness (QED) is 0.416. The van der Waals surface area contributed by atoms with Gasteiger partial charge in [0.25, 0.3) is 0 Å². The highest BCUT2D eigenvalue weighted by Gasteiger charge is 2.76. The van der Waals surface area contributed by atoms with E-state index >= 15 is 0 Å². The highest BCUT2D eigenvalue weighted by molar-refractivity contribution is 8.02. The first-order valence-corrected chi connectivity index (χ1v) is 15.1. The van der Waals surface area contributed by atoms with Crippen molar-refractivity contribution in [3.63, 3.8) is 0 Å². The van der Waals surface area contributed by atoms with Crippen LogP contribution in [0.25, 0.3) is 0 Å². The number of carbonyl (C=O) groups is 3. The number of likely N-dealkylation sites (tertiary alicyclic amines) is 1. The number of aliphatic hydroxyl groups excluding tert-OH is 1. The summed E-state index contributed by atoms with van der Waals surface area (Å²) >= 11 is 1.63. The number of benzene rings is 2. The molecule has 3 saturated heterocycles. The third-order valence-corrected chi connectivity index (χ3v) is 11.0. The molecule has 9 heteroatoms. The molecule has 5 rings (SSSR count). The normalized spacial score (nSPS) is 29.3. The molecular weight excluding hydrogens is 526 g/mol. The summed E-state index contributed by atoms with van der Waals surface area (Å²) in [5, 5.41) is 16.4. The number of nitrogens with zero attached hydrogens (tertiary/aromatic N) is 1. The number of fused-ring (bicyclic) bond motifs is 1. The zero-order valence-electron chi connectivity index (χ0n) is 23.8. The molecule has 3 aliphatic heterocycles. The Morgan fingerprint density at radius 3 is 2.38 bits per heavy atom. The van der Waals surface area contributed by atoms with Gasteiger partial charge >= 0.3 is 0 Å². The molecule has 3 N–H and O–H groups in total. The Bertz CT molecular complexity index is 1280. The molecule has 3 heterocycles. The number of amides is 3. The highest BCUT2D eigenvalue weighted by Crippen LogP contribution is 2.69. The number of hydrogen-bond acceptors (Lipinski definition) is 6. The monoisotopic (exact) mass is 565 g/mol. The number of aliphatic hydroxyl groups is 1. The predicted molar refractivity (Wildman–Crippen MR) is 157 cm³/mol. The molecule has 0 saturated carbocycles. The fourth-order valence-corrected chi connectivity index (χ4v) is 9.50. The summed E-state index contributed by atoms with van der Waals surface area (Å²) in [5.74, 6) is -1.14. The average Bonchev–Trinajstić information content (AvgIpc) is 3.52. The molecule has 0 radical (unpaired) electrons. The van der Waals surface area contributed by atoms with Gasteiger partial charge in [-0.05, 0) is 74.9 Å². The van der Waals surface area contributed by atoms with Crippen molar-refractivity contribution in [2.24, 2.45) is 17.8 Å². The van der Waals surface area contributed by atoms with Crippen LogP contribution < -0.4 is 15.4 Å². The average molecular weight is 566 g/mol. The van der Waals surface area contributed by atoms with Crippen LogP contribution in [-0.2, 0) is 14.4 Å². The van der Waals surface area contributed by atoms with Crippen LogP contribution in [-0.4, -0.2) is 63.0 Å². The lowest BCUT2D eigenvalue weighted by Crippen LogP contribution is -2.57. The number of rotatable bonds is 9. The third kappa shape index (κ3) is 4.47. The predicted octanol–water partition coefficient (Wildman–Crippen LogP) is 4.39. The fraction of sp³-hybridized carbons (Fsp3) is 0.516. The minimum absolute atomic E-state index is 0.0425. The number of carbonyl (C=O) groups excluding carboxylic acids is 3. The van der Waals surface area contributed by atoms with Gasteiger partial charge in [0.1, 0.15) is 11.8 Å². The Labute approximate surface area is 240 Å². The first-order valence-electron chi connectivity index (χ1n) is 14.2. The first kappa shape index (κ1) is 28.5. The van der Waals surface area contributed by atoms with Crippen LogP contribution in [0.1, 0.15) is 44.7 Å². The van der Waals surface area contributed by atoms with Gasteiger partial charge in [0.2, 0.25) is 17.7 Å². The van der Waals surface area contributed by atoms with Crippen LogP contribution in [0.3, 0.4) is 0 Å². The van der Waals surface area contributed by atoms with Crippen LogP contribution in [0.2, 0.25) is 0 Å². The summed E-state index contributed by atoms with van der Waals surface area (Å²) < 4.78 is 4.75. The molecule has 1 spiro atoms. The third-order valence-electron chi connectivity index (χ3n) is 8.97. The minimum Gasteiger partial charge on any atom is -0.494 e. The smallest absolute Gasteiger partial charge is 0.248 e. The molecule has 0 aliphatic carbocycles. The summed E-state index contributed by atoms with van der Waals surface area (Å²) in [6, 6.07) is 11.7. The lowest BCUT2D eigenvalue weighted by Gasteiger charge is -2.40. The molecule has 3 aliphatic rings. The summed E-state index contributed by atoms with van der Waals surface area (Å²) in [5.41, 5.74) is 3.26. The van der Waals surface area contributed by atoms with Gasteiger partial charge in [0.15, 0.2) is 0 Å². The van der Waals surface area contributed by atoms with Crippen LogP contribution in [0.5, 0.6) is 5.75 Å². The molecule has 2 bridgehead atoms. The Morgan fingerprint density at radius 1 is 1.10 bits per heavy atom. The summed E-state index contributed by atoms with van der Waals surface area (Å²) in [6.45, 7) is 10.1. The van der Waals surface area contributed by atoms with Gasteiger partial charge < -0.3 is 25.4 Å². The molecule has 214 valence electrons. The van der Waals surface area contributed by atoms with Crippen molar-refractivity contribution in [3.05, 3.63) is 53.6 Å². The van der Waals surface area contributed by atoms with Crippen molar-refractivity contribution < 1.29 is 24.2 Å². The molecule has 8 nitrogen and oxygen atoms in total. The molecule has 0 aromatic heterocycles. The van der Waals surface area contributed by atoms with Crippen molar-refractivity contribution in [2.75, 3.05) is 23.8 Å². The van der Waals surface area contributed by atoms with E-state index < -0.39 is 28.7 Å². The molecule has 2 aromatic carbocycles. The number of nitrogens with one attached hydrogen (secondary N) is 2. The summed E-state index contributed by atoms with van der Waals surface area (Å²) in [6.07, 6.45) is 1.25. The van der Waals surface area contributed by atoms with E-state index in [4.69, 9.17) is 4.74 Å². The van der Waals surface area contributed by atoms with Gasteiger partial charge in [0, 0.05) is 16.6 Å². The van der Waals surface area contributed by atoms with E-state index in [2.05, 4.69) is 17.6 Å². The van der Waals surface area contributed by atoms with Crippen molar-refractivity contribution >= 4 is 40.9 Å². The topological polar surface area (TPSA) is 108 Å². The number of ether oxygens (including phenoxy) is 1. The molecule has 3 amide bonds. The first-order chi connectivity index (χ1) is 19.2. The summed E-state index contributed by atoms with van der Waals surface area (Å²) in [4.78, 5) is 43.9. The van der Waals surface area contributed by atoms with E-state index in [0.29, 0.717) is 18.7 Å². The Balaban J connectivity index is 1.50. The molecule has 7 atom stereocenters. The molecule has 3 fully saturated rings. The maximum atomic E-state index is 14.3. The largest absolute Gasteiger partial charge is 0.494 e. The van der Waals surface area contributed by atoms with Gasteiger partial charge in [-0.1, -0.05) is 32.0 Å². The SMILES string of the molecule is CCOc1ccc(NC(=O)[C@@H]2[C@H]3C(=O)N([C@@H](CC)CO)C(C(=O)Nc4c(C)cccc4C)C34S[C@@H]2CC4C)cc1. The van der Waals surface area contributed by atoms with E-state index in [1.165, 1.54) is 0 Å². The van der Waals surface area contributed by atoms with Crippen molar-refractivity contribution in [3.8, 4) is 5.75 Å². The molecule has 2 aromatic rings. The Kier molecular flexibility index (Phi) is 7.90. The maximum absolute atomic E-state index is 14.3. The number of hydrogen-bond donors (Lipinski definition) is 3. The zero-order chi connectivity index (χ0) is 28.8. The second-order valence-corrected chi connectivity index (χ2v) is 12.8. The zero-order valence-corrected chi connectivity index (χ0v) is 24.6. The number of para-hydroxylation sites is 1. The number of thioether (sulfide) groups is 1. The number of aryl methyl sites for hydroxylation is 2. The van der Waals surface area contributed by atoms with E-state index in [1.54, 1.807) is 28.8 Å². The van der Waals surface area contributed by atoms with Gasteiger partial charge in [-0.15, -0.1) is 11.8 Å². The van der Waals surface area contributed by atoms with Gasteiger partial charge in [0.05, 0.1) is 35.8 Å². The van der Waals surface area contributed by atoms with Crippen molar-refractivity contribution in [1.82, 2.24) is 4.90 Å².